The second kappa shape index (κ2) is 10.4. The maximum atomic E-state index is 12.1. The molecule has 1 amide bonds. The van der Waals surface area contributed by atoms with Crippen molar-refractivity contribution in [3.8, 4) is 0 Å². The summed E-state index contributed by atoms with van der Waals surface area (Å²) in [7, 11) is 1.87. The van der Waals surface area contributed by atoms with E-state index in [-0.39, 0.29) is 5.91 Å². The molecule has 0 atom stereocenters. The summed E-state index contributed by atoms with van der Waals surface area (Å²) in [6, 6.07) is 3.62. The summed E-state index contributed by atoms with van der Waals surface area (Å²) in [5, 5.41) is 0. The van der Waals surface area contributed by atoms with Crippen molar-refractivity contribution >= 4 is 5.91 Å². The summed E-state index contributed by atoms with van der Waals surface area (Å²) in [5.41, 5.74) is 0.676. The fourth-order valence-electron chi connectivity index (χ4n) is 2.29. The maximum Gasteiger partial charge on any atom is 0.255 e. The van der Waals surface area contributed by atoms with Gasteiger partial charge in [0.2, 0.25) is 0 Å². The van der Waals surface area contributed by atoms with E-state index in [1.165, 1.54) is 44.9 Å². The highest BCUT2D eigenvalue weighted by molar-refractivity contribution is 5.93. The normalized spacial score (nSPS) is 10.5. The van der Waals surface area contributed by atoms with Gasteiger partial charge in [-0.25, -0.2) is 0 Å². The van der Waals surface area contributed by atoms with Crippen LogP contribution in [-0.2, 0) is 0 Å². The first-order chi connectivity index (χ1) is 9.75. The highest BCUT2D eigenvalue weighted by Crippen LogP contribution is 2.09. The summed E-state index contributed by atoms with van der Waals surface area (Å²) >= 11 is 0. The van der Waals surface area contributed by atoms with Gasteiger partial charge in [0.15, 0.2) is 0 Å². The third kappa shape index (κ3) is 6.69. The minimum absolute atomic E-state index is 0.0704. The van der Waals surface area contributed by atoms with Gasteiger partial charge < -0.3 is 4.90 Å². The topological polar surface area (TPSA) is 33.2 Å². The molecule has 0 bridgehead atoms. The first kappa shape index (κ1) is 16.7. The van der Waals surface area contributed by atoms with Crippen molar-refractivity contribution in [3.05, 3.63) is 30.1 Å². The lowest BCUT2D eigenvalue weighted by atomic mass is 10.1. The van der Waals surface area contributed by atoms with Crippen LogP contribution in [0.4, 0.5) is 0 Å². The van der Waals surface area contributed by atoms with Crippen molar-refractivity contribution in [2.45, 2.75) is 58.3 Å². The minimum atomic E-state index is 0.0704. The molecule has 1 rings (SSSR count). The fraction of sp³-hybridized carbons (Fsp3) is 0.647. The standard InChI is InChI=1S/C17H28N2O/c1-3-4-5-6-7-8-9-10-14-19(2)17(20)16-12-11-13-18-15-16/h11-13,15H,3-10,14H2,1-2H3. The number of hydrogen-bond acceptors (Lipinski definition) is 2. The molecule has 0 aliphatic carbocycles. The van der Waals surface area contributed by atoms with Gasteiger partial charge in [0.05, 0.1) is 5.56 Å². The van der Waals surface area contributed by atoms with Gasteiger partial charge in [-0.3, -0.25) is 9.78 Å². The predicted octanol–water partition coefficient (Wildman–Crippen LogP) is 4.29. The number of unbranched alkanes of at least 4 members (excludes halogenated alkanes) is 7. The van der Waals surface area contributed by atoms with Crippen LogP contribution in [0.3, 0.4) is 0 Å². The van der Waals surface area contributed by atoms with Crippen LogP contribution in [0.15, 0.2) is 24.5 Å². The largest absolute Gasteiger partial charge is 0.342 e. The molecule has 1 aromatic rings. The Morgan fingerprint density at radius 2 is 1.75 bits per heavy atom. The molecule has 112 valence electrons. The molecule has 0 spiro atoms. The Bertz CT molecular complexity index is 365. The summed E-state index contributed by atoms with van der Waals surface area (Å²) in [6.45, 7) is 3.08. The lowest BCUT2D eigenvalue weighted by molar-refractivity contribution is 0.0792. The zero-order valence-electron chi connectivity index (χ0n) is 13.0. The van der Waals surface area contributed by atoms with E-state index in [0.29, 0.717) is 5.56 Å². The first-order valence-corrected chi connectivity index (χ1v) is 7.91. The Hall–Kier alpha value is -1.38. The molecule has 0 aliphatic heterocycles. The van der Waals surface area contributed by atoms with E-state index in [0.717, 1.165) is 13.0 Å². The number of carbonyl (C=O) groups is 1. The SMILES string of the molecule is CCCCCCCCCCN(C)C(=O)c1cccnc1. The molecule has 1 heterocycles. The molecule has 0 unspecified atom stereocenters. The second-order valence-electron chi connectivity index (χ2n) is 5.44. The van der Waals surface area contributed by atoms with Crippen LogP contribution in [0.2, 0.25) is 0 Å². The number of aromatic nitrogens is 1. The molecule has 0 N–H and O–H groups in total. The van der Waals surface area contributed by atoms with Crippen molar-refractivity contribution in [3.63, 3.8) is 0 Å². The number of amides is 1. The summed E-state index contributed by atoms with van der Waals surface area (Å²) in [4.78, 5) is 17.9. The van der Waals surface area contributed by atoms with Gasteiger partial charge in [-0.2, -0.15) is 0 Å². The number of nitrogens with zero attached hydrogens (tertiary/aromatic N) is 2. The van der Waals surface area contributed by atoms with Crippen molar-refractivity contribution in [2.24, 2.45) is 0 Å². The molecular formula is C17H28N2O. The van der Waals surface area contributed by atoms with E-state index < -0.39 is 0 Å². The Morgan fingerprint density at radius 1 is 1.10 bits per heavy atom. The van der Waals surface area contributed by atoms with Crippen LogP contribution >= 0.6 is 0 Å². The van der Waals surface area contributed by atoms with E-state index in [4.69, 9.17) is 0 Å². The summed E-state index contributed by atoms with van der Waals surface area (Å²) in [6.07, 6.45) is 13.7. The highest BCUT2D eigenvalue weighted by atomic mass is 16.2. The van der Waals surface area contributed by atoms with Crippen LogP contribution in [0, 0.1) is 0 Å². The van der Waals surface area contributed by atoms with Crippen LogP contribution in [0.5, 0.6) is 0 Å². The second-order valence-corrected chi connectivity index (χ2v) is 5.44. The number of pyridine rings is 1. The molecule has 3 heteroatoms. The van der Waals surface area contributed by atoms with E-state index in [1.54, 1.807) is 23.4 Å². The molecule has 20 heavy (non-hydrogen) atoms. The van der Waals surface area contributed by atoms with Gasteiger partial charge in [-0.05, 0) is 18.6 Å². The number of rotatable bonds is 10. The summed E-state index contributed by atoms with van der Waals surface area (Å²) in [5.74, 6) is 0.0704. The third-order valence-corrected chi connectivity index (χ3v) is 3.60. The zero-order chi connectivity index (χ0) is 14.6. The number of carbonyl (C=O) groups excluding carboxylic acids is 1. The fourth-order valence-corrected chi connectivity index (χ4v) is 2.29. The predicted molar refractivity (Wildman–Crippen MR) is 83.8 cm³/mol. The minimum Gasteiger partial charge on any atom is -0.342 e. The average Bonchev–Trinajstić information content (AvgIpc) is 2.50. The third-order valence-electron chi connectivity index (χ3n) is 3.60. The van der Waals surface area contributed by atoms with Gasteiger partial charge in [-0.15, -0.1) is 0 Å². The van der Waals surface area contributed by atoms with Gasteiger partial charge >= 0.3 is 0 Å². The van der Waals surface area contributed by atoms with E-state index in [9.17, 15) is 4.79 Å². The van der Waals surface area contributed by atoms with Crippen LogP contribution < -0.4 is 0 Å². The lowest BCUT2D eigenvalue weighted by Gasteiger charge is -2.16. The van der Waals surface area contributed by atoms with Crippen LogP contribution in [0.1, 0.15) is 68.6 Å². The molecule has 0 fully saturated rings. The molecule has 1 aromatic heterocycles. The Balaban J connectivity index is 2.08. The maximum absolute atomic E-state index is 12.1. The molecule has 0 saturated heterocycles. The molecule has 0 aromatic carbocycles. The Morgan fingerprint density at radius 3 is 2.35 bits per heavy atom. The lowest BCUT2D eigenvalue weighted by Crippen LogP contribution is -2.27. The van der Waals surface area contributed by atoms with E-state index >= 15 is 0 Å². The van der Waals surface area contributed by atoms with Gasteiger partial charge in [0.1, 0.15) is 0 Å². The van der Waals surface area contributed by atoms with Gasteiger partial charge in [0, 0.05) is 26.0 Å². The Kier molecular flexibility index (Phi) is 8.68. The van der Waals surface area contributed by atoms with Crippen LogP contribution in [0.25, 0.3) is 0 Å². The van der Waals surface area contributed by atoms with Gasteiger partial charge in [-0.1, -0.05) is 51.9 Å². The molecular weight excluding hydrogens is 248 g/mol. The molecule has 0 radical (unpaired) electrons. The van der Waals surface area contributed by atoms with E-state index in [1.807, 2.05) is 13.1 Å². The molecule has 3 nitrogen and oxygen atoms in total. The quantitative estimate of drug-likeness (QED) is 0.597. The average molecular weight is 276 g/mol. The van der Waals surface area contributed by atoms with Gasteiger partial charge in [0.25, 0.3) is 5.91 Å². The van der Waals surface area contributed by atoms with Crippen LogP contribution in [-0.4, -0.2) is 29.4 Å². The van der Waals surface area contributed by atoms with Crippen molar-refractivity contribution in [1.82, 2.24) is 9.88 Å². The van der Waals surface area contributed by atoms with E-state index in [2.05, 4.69) is 11.9 Å². The molecule has 0 aliphatic rings. The summed E-state index contributed by atoms with van der Waals surface area (Å²) < 4.78 is 0. The number of hydrogen-bond donors (Lipinski definition) is 0. The van der Waals surface area contributed by atoms with Crippen molar-refractivity contribution < 1.29 is 4.79 Å². The van der Waals surface area contributed by atoms with Crippen molar-refractivity contribution in [2.75, 3.05) is 13.6 Å². The smallest absolute Gasteiger partial charge is 0.255 e. The Labute approximate surface area is 123 Å². The zero-order valence-corrected chi connectivity index (χ0v) is 13.0. The molecule has 0 saturated carbocycles. The monoisotopic (exact) mass is 276 g/mol. The first-order valence-electron chi connectivity index (χ1n) is 7.91. The van der Waals surface area contributed by atoms with Crippen molar-refractivity contribution in [1.29, 1.82) is 0 Å². The highest BCUT2D eigenvalue weighted by Gasteiger charge is 2.10.